The van der Waals surface area contributed by atoms with Gasteiger partial charge in [0, 0.05) is 0 Å². The molecule has 0 heterocycles. The molecule has 0 spiro atoms. The molecule has 0 saturated heterocycles. The molecule has 1 aromatic carbocycles. The third-order valence-electron chi connectivity index (χ3n) is 2.25. The number of rotatable bonds is 1. The predicted molar refractivity (Wildman–Crippen MR) is 58.9 cm³/mol. The first kappa shape index (κ1) is 12.9. The fraction of sp³-hybridized carbons (Fsp3) is 0.500. The van der Waals surface area contributed by atoms with E-state index in [9.17, 15) is 0 Å². The summed E-state index contributed by atoms with van der Waals surface area (Å²) in [6, 6.07) is 6.24. The highest BCUT2D eigenvalue weighted by molar-refractivity contribution is 5.38. The van der Waals surface area contributed by atoms with Crippen molar-refractivity contribution < 1.29 is 9.44 Å². The lowest BCUT2D eigenvalue weighted by Gasteiger charge is -2.22. The second-order valence-corrected chi connectivity index (χ2v) is 4.43. The highest BCUT2D eigenvalue weighted by Crippen LogP contribution is 2.28. The number of aryl methyl sites for hydroxylation is 1. The van der Waals surface area contributed by atoms with E-state index in [0.717, 1.165) is 5.75 Å². The minimum atomic E-state index is 0. The van der Waals surface area contributed by atoms with Gasteiger partial charge in [0.05, 0.1) is 7.11 Å². The maximum absolute atomic E-state index is 5.20. The SMILES string of the molecule is COc1ccc(C)c(C(C)(C)C)c1.F. The van der Waals surface area contributed by atoms with Crippen molar-refractivity contribution in [1.82, 2.24) is 0 Å². The second kappa shape index (κ2) is 4.45. The van der Waals surface area contributed by atoms with E-state index in [2.05, 4.69) is 39.8 Å². The zero-order chi connectivity index (χ0) is 10.1. The molecule has 0 fully saturated rings. The van der Waals surface area contributed by atoms with Crippen molar-refractivity contribution in [1.29, 1.82) is 0 Å². The summed E-state index contributed by atoms with van der Waals surface area (Å²) in [5, 5.41) is 0. The van der Waals surface area contributed by atoms with E-state index in [1.807, 2.05) is 6.07 Å². The summed E-state index contributed by atoms with van der Waals surface area (Å²) >= 11 is 0. The Balaban J connectivity index is 0.00000169. The Morgan fingerprint density at radius 1 is 1.14 bits per heavy atom. The lowest BCUT2D eigenvalue weighted by molar-refractivity contribution is 0.412. The lowest BCUT2D eigenvalue weighted by Crippen LogP contribution is -2.13. The van der Waals surface area contributed by atoms with Crippen LogP contribution < -0.4 is 4.74 Å². The van der Waals surface area contributed by atoms with Gasteiger partial charge in [-0.25, -0.2) is 0 Å². The third kappa shape index (κ3) is 2.72. The number of hydrogen-bond donors (Lipinski definition) is 0. The number of benzene rings is 1. The molecule has 1 nitrogen and oxygen atoms in total. The largest absolute Gasteiger partial charge is 0.497 e. The molecular formula is C12H19FO. The van der Waals surface area contributed by atoms with Crippen molar-refractivity contribution in [2.75, 3.05) is 7.11 Å². The Kier molecular flexibility index (Phi) is 4.11. The molecule has 0 saturated carbocycles. The monoisotopic (exact) mass is 198 g/mol. The molecule has 0 atom stereocenters. The van der Waals surface area contributed by atoms with Crippen LogP contribution in [0.3, 0.4) is 0 Å². The zero-order valence-electron chi connectivity index (χ0n) is 9.55. The molecule has 0 unspecified atom stereocenters. The van der Waals surface area contributed by atoms with E-state index < -0.39 is 0 Å². The molecule has 0 radical (unpaired) electrons. The minimum Gasteiger partial charge on any atom is -0.497 e. The fourth-order valence-corrected chi connectivity index (χ4v) is 1.54. The molecular weight excluding hydrogens is 179 g/mol. The third-order valence-corrected chi connectivity index (χ3v) is 2.25. The fourth-order valence-electron chi connectivity index (χ4n) is 1.54. The molecule has 80 valence electrons. The molecule has 2 heteroatoms. The standard InChI is InChI=1S/C12H18O.FH/c1-9-6-7-10(13-5)8-11(9)12(2,3)4;/h6-8H,1-5H3;1H. The molecule has 0 aliphatic carbocycles. The highest BCUT2D eigenvalue weighted by Gasteiger charge is 2.16. The number of methoxy groups -OCH3 is 1. The van der Waals surface area contributed by atoms with Crippen LogP contribution in [0.15, 0.2) is 18.2 Å². The molecule has 14 heavy (non-hydrogen) atoms. The topological polar surface area (TPSA) is 9.23 Å². The number of hydrogen-bond acceptors (Lipinski definition) is 1. The van der Waals surface area contributed by atoms with Gasteiger partial charge in [0.15, 0.2) is 0 Å². The van der Waals surface area contributed by atoms with Crippen LogP contribution in [0.25, 0.3) is 0 Å². The van der Waals surface area contributed by atoms with E-state index in [4.69, 9.17) is 4.74 Å². The van der Waals surface area contributed by atoms with Gasteiger partial charge in [-0.15, -0.1) is 0 Å². The Morgan fingerprint density at radius 3 is 2.14 bits per heavy atom. The molecule has 0 aromatic heterocycles. The van der Waals surface area contributed by atoms with Crippen LogP contribution in [-0.2, 0) is 5.41 Å². The van der Waals surface area contributed by atoms with E-state index in [1.165, 1.54) is 11.1 Å². The summed E-state index contributed by atoms with van der Waals surface area (Å²) < 4.78 is 5.20. The first-order valence-electron chi connectivity index (χ1n) is 4.60. The summed E-state index contributed by atoms with van der Waals surface area (Å²) in [6.07, 6.45) is 0. The maximum atomic E-state index is 5.20. The molecule has 0 N–H and O–H groups in total. The van der Waals surface area contributed by atoms with Gasteiger partial charge >= 0.3 is 0 Å². The summed E-state index contributed by atoms with van der Waals surface area (Å²) in [6.45, 7) is 8.79. The Hall–Kier alpha value is -1.05. The van der Waals surface area contributed by atoms with Crippen molar-refractivity contribution in [3.05, 3.63) is 29.3 Å². The first-order valence-corrected chi connectivity index (χ1v) is 4.60. The van der Waals surface area contributed by atoms with E-state index in [1.54, 1.807) is 7.11 Å². The molecule has 0 bridgehead atoms. The van der Waals surface area contributed by atoms with Gasteiger partial charge in [0.25, 0.3) is 0 Å². The Morgan fingerprint density at radius 2 is 1.71 bits per heavy atom. The molecule has 1 rings (SSSR count). The summed E-state index contributed by atoms with van der Waals surface area (Å²) in [5.41, 5.74) is 2.87. The van der Waals surface area contributed by atoms with Crippen molar-refractivity contribution in [3.63, 3.8) is 0 Å². The van der Waals surface area contributed by atoms with E-state index >= 15 is 0 Å². The second-order valence-electron chi connectivity index (χ2n) is 4.43. The van der Waals surface area contributed by atoms with Gasteiger partial charge in [-0.1, -0.05) is 26.8 Å². The molecule has 1 aromatic rings. The molecule has 0 amide bonds. The smallest absolute Gasteiger partial charge is 0.119 e. The van der Waals surface area contributed by atoms with Gasteiger partial charge in [0.2, 0.25) is 0 Å². The van der Waals surface area contributed by atoms with Crippen LogP contribution in [0.5, 0.6) is 5.75 Å². The zero-order valence-corrected chi connectivity index (χ0v) is 9.55. The summed E-state index contributed by atoms with van der Waals surface area (Å²) in [4.78, 5) is 0. The molecule has 0 aliphatic rings. The van der Waals surface area contributed by atoms with Crippen molar-refractivity contribution in [3.8, 4) is 5.75 Å². The van der Waals surface area contributed by atoms with Crippen LogP contribution in [0.1, 0.15) is 31.9 Å². The minimum absolute atomic E-state index is 0. The maximum Gasteiger partial charge on any atom is 0.119 e. The number of ether oxygens (including phenoxy) is 1. The Labute approximate surface area is 85.5 Å². The van der Waals surface area contributed by atoms with Crippen LogP contribution >= 0.6 is 0 Å². The van der Waals surface area contributed by atoms with Crippen LogP contribution in [0, 0.1) is 6.92 Å². The van der Waals surface area contributed by atoms with Crippen LogP contribution in [0.4, 0.5) is 4.70 Å². The van der Waals surface area contributed by atoms with Crippen LogP contribution in [0.2, 0.25) is 0 Å². The number of halogens is 1. The van der Waals surface area contributed by atoms with Crippen LogP contribution in [-0.4, -0.2) is 7.11 Å². The average Bonchev–Trinajstić information content (AvgIpc) is 2.03. The average molecular weight is 198 g/mol. The quantitative estimate of drug-likeness (QED) is 0.671. The lowest BCUT2D eigenvalue weighted by atomic mass is 9.84. The van der Waals surface area contributed by atoms with Gasteiger partial charge in [-0.05, 0) is 35.6 Å². The van der Waals surface area contributed by atoms with Gasteiger partial charge < -0.3 is 4.74 Å². The van der Waals surface area contributed by atoms with Gasteiger partial charge in [0.1, 0.15) is 5.75 Å². The first-order chi connectivity index (χ1) is 5.95. The van der Waals surface area contributed by atoms with E-state index in [0.29, 0.717) is 0 Å². The summed E-state index contributed by atoms with van der Waals surface area (Å²) in [7, 11) is 1.71. The molecule has 0 aliphatic heterocycles. The Bertz CT molecular complexity index is 300. The van der Waals surface area contributed by atoms with Gasteiger partial charge in [-0.2, -0.15) is 0 Å². The summed E-state index contributed by atoms with van der Waals surface area (Å²) in [5.74, 6) is 0.940. The van der Waals surface area contributed by atoms with Crippen molar-refractivity contribution in [2.45, 2.75) is 33.1 Å². The predicted octanol–water partition coefficient (Wildman–Crippen LogP) is 3.45. The van der Waals surface area contributed by atoms with Gasteiger partial charge in [-0.3, -0.25) is 4.70 Å². The van der Waals surface area contributed by atoms with Crippen molar-refractivity contribution >= 4 is 0 Å². The highest BCUT2D eigenvalue weighted by atomic mass is 19.0. The normalized spacial score (nSPS) is 10.6. The van der Waals surface area contributed by atoms with Crippen molar-refractivity contribution in [2.24, 2.45) is 0 Å². The van der Waals surface area contributed by atoms with E-state index in [-0.39, 0.29) is 10.1 Å².